The summed E-state index contributed by atoms with van der Waals surface area (Å²) >= 11 is 0. The third-order valence-electron chi connectivity index (χ3n) is 5.38. The lowest BCUT2D eigenvalue weighted by atomic mass is 9.97. The van der Waals surface area contributed by atoms with Crippen LogP contribution in [0.4, 0.5) is 5.69 Å². The Morgan fingerprint density at radius 2 is 1.86 bits per heavy atom. The lowest BCUT2D eigenvalue weighted by molar-refractivity contribution is -0.384. The van der Waals surface area contributed by atoms with Crippen molar-refractivity contribution in [3.8, 4) is 0 Å². The maximum absolute atomic E-state index is 11.0. The number of benzene rings is 1. The van der Waals surface area contributed by atoms with Gasteiger partial charge in [-0.05, 0) is 44.9 Å². The molecule has 21 heavy (non-hydrogen) atoms. The number of hydrogen-bond acceptors (Lipinski definition) is 3. The Balaban J connectivity index is 1.73. The molecule has 2 saturated heterocycles. The second kappa shape index (κ2) is 4.56. The molecular formula is C16H19N3O2. The van der Waals surface area contributed by atoms with E-state index in [1.165, 1.54) is 12.8 Å². The number of nitrogens with zero attached hydrogens (tertiary/aromatic N) is 3. The molecule has 4 rings (SSSR count). The van der Waals surface area contributed by atoms with E-state index in [-0.39, 0.29) is 10.6 Å². The molecule has 0 N–H and O–H groups in total. The molecular weight excluding hydrogens is 266 g/mol. The smallest absolute Gasteiger partial charge is 0.271 e. The lowest BCUT2D eigenvalue weighted by Gasteiger charge is -2.37. The van der Waals surface area contributed by atoms with Crippen LogP contribution in [0.25, 0.3) is 10.9 Å². The third-order valence-corrected chi connectivity index (χ3v) is 5.38. The van der Waals surface area contributed by atoms with Crippen molar-refractivity contribution in [1.29, 1.82) is 0 Å². The zero-order chi connectivity index (χ0) is 14.6. The van der Waals surface area contributed by atoms with E-state index in [9.17, 15) is 10.1 Å². The second-order valence-electron chi connectivity index (χ2n) is 6.40. The first-order valence-electron chi connectivity index (χ1n) is 7.60. The molecule has 5 nitrogen and oxygen atoms in total. The Kier molecular flexibility index (Phi) is 2.79. The molecule has 5 heteroatoms. The minimum atomic E-state index is -0.310. The molecule has 0 saturated carbocycles. The Morgan fingerprint density at radius 3 is 2.52 bits per heavy atom. The molecule has 0 unspecified atom stereocenters. The van der Waals surface area contributed by atoms with Crippen LogP contribution in [0, 0.1) is 10.1 Å². The van der Waals surface area contributed by atoms with Crippen molar-refractivity contribution in [2.75, 3.05) is 7.05 Å². The lowest BCUT2D eigenvalue weighted by Crippen LogP contribution is -2.40. The first kappa shape index (κ1) is 12.8. The number of aromatic nitrogens is 1. The predicted molar refractivity (Wildman–Crippen MR) is 81.4 cm³/mol. The highest BCUT2D eigenvalue weighted by Crippen LogP contribution is 2.41. The quantitative estimate of drug-likeness (QED) is 0.628. The van der Waals surface area contributed by atoms with Gasteiger partial charge in [-0.25, -0.2) is 0 Å². The van der Waals surface area contributed by atoms with Gasteiger partial charge in [-0.2, -0.15) is 0 Å². The van der Waals surface area contributed by atoms with Gasteiger partial charge in [0.1, 0.15) is 0 Å². The first-order valence-corrected chi connectivity index (χ1v) is 7.60. The van der Waals surface area contributed by atoms with Crippen LogP contribution in [0.15, 0.2) is 30.5 Å². The van der Waals surface area contributed by atoms with Gasteiger partial charge in [0.05, 0.1) is 10.4 Å². The van der Waals surface area contributed by atoms with Gasteiger partial charge in [0.25, 0.3) is 5.69 Å². The van der Waals surface area contributed by atoms with E-state index >= 15 is 0 Å². The average Bonchev–Trinajstić information content (AvgIpc) is 2.95. The fourth-order valence-corrected chi connectivity index (χ4v) is 4.18. The predicted octanol–water partition coefficient (Wildman–Crippen LogP) is 3.35. The van der Waals surface area contributed by atoms with Gasteiger partial charge in [0, 0.05) is 41.8 Å². The molecule has 0 aliphatic carbocycles. The van der Waals surface area contributed by atoms with E-state index in [0.29, 0.717) is 18.1 Å². The van der Waals surface area contributed by atoms with Crippen molar-refractivity contribution in [2.45, 2.75) is 43.8 Å². The highest BCUT2D eigenvalue weighted by atomic mass is 16.6. The molecule has 2 bridgehead atoms. The van der Waals surface area contributed by atoms with Crippen LogP contribution in [0.2, 0.25) is 0 Å². The Morgan fingerprint density at radius 1 is 1.14 bits per heavy atom. The molecule has 2 aliphatic rings. The highest BCUT2D eigenvalue weighted by Gasteiger charge is 2.39. The number of nitro groups is 1. The standard InChI is InChI=1S/C16H19N3O2/c1-17-12-4-5-13(17)9-15(8-12)18-7-6-11-2-3-14(19(20)21)10-16(11)18/h2-3,6-7,10,12-13,15H,4-5,8-9H2,1H3/t12-,13+,15+. The van der Waals surface area contributed by atoms with Crippen molar-refractivity contribution >= 4 is 16.6 Å². The van der Waals surface area contributed by atoms with Crippen molar-refractivity contribution in [2.24, 2.45) is 0 Å². The van der Waals surface area contributed by atoms with Crippen LogP contribution in [0.1, 0.15) is 31.7 Å². The largest absolute Gasteiger partial charge is 0.344 e. The zero-order valence-electron chi connectivity index (χ0n) is 12.1. The summed E-state index contributed by atoms with van der Waals surface area (Å²) in [5, 5.41) is 12.1. The summed E-state index contributed by atoms with van der Waals surface area (Å²) in [5.74, 6) is 0. The molecule has 0 amide bonds. The van der Waals surface area contributed by atoms with Crippen LogP contribution in [0.3, 0.4) is 0 Å². The van der Waals surface area contributed by atoms with Crippen molar-refractivity contribution in [1.82, 2.24) is 9.47 Å². The second-order valence-corrected chi connectivity index (χ2v) is 6.40. The normalized spacial score (nSPS) is 29.1. The van der Waals surface area contributed by atoms with Crippen LogP contribution < -0.4 is 0 Å². The summed E-state index contributed by atoms with van der Waals surface area (Å²) in [6.07, 6.45) is 6.98. The highest BCUT2D eigenvalue weighted by molar-refractivity contribution is 5.82. The summed E-state index contributed by atoms with van der Waals surface area (Å²) in [4.78, 5) is 13.2. The van der Waals surface area contributed by atoms with E-state index in [4.69, 9.17) is 0 Å². The zero-order valence-corrected chi connectivity index (χ0v) is 12.1. The van der Waals surface area contributed by atoms with Gasteiger partial charge in [-0.3, -0.25) is 10.1 Å². The number of rotatable bonds is 2. The minimum Gasteiger partial charge on any atom is -0.344 e. The van der Waals surface area contributed by atoms with Gasteiger partial charge in [-0.15, -0.1) is 0 Å². The van der Waals surface area contributed by atoms with E-state index in [1.807, 2.05) is 6.07 Å². The summed E-state index contributed by atoms with van der Waals surface area (Å²) in [7, 11) is 2.23. The maximum Gasteiger partial charge on any atom is 0.271 e. The summed E-state index contributed by atoms with van der Waals surface area (Å²) in [6.45, 7) is 0. The molecule has 1 aromatic heterocycles. The van der Waals surface area contributed by atoms with Crippen LogP contribution in [-0.2, 0) is 0 Å². The topological polar surface area (TPSA) is 51.3 Å². The number of piperidine rings is 1. The number of fused-ring (bicyclic) bond motifs is 3. The van der Waals surface area contributed by atoms with Gasteiger partial charge in [0.2, 0.25) is 0 Å². The molecule has 2 aliphatic heterocycles. The molecule has 2 fully saturated rings. The molecule has 0 radical (unpaired) electrons. The van der Waals surface area contributed by atoms with Crippen molar-refractivity contribution < 1.29 is 4.92 Å². The number of non-ortho nitro benzene ring substituents is 1. The molecule has 3 atom stereocenters. The Bertz CT molecular complexity index is 695. The number of nitro benzene ring substituents is 1. The monoisotopic (exact) mass is 285 g/mol. The van der Waals surface area contributed by atoms with Gasteiger partial charge >= 0.3 is 0 Å². The van der Waals surface area contributed by atoms with E-state index < -0.39 is 0 Å². The van der Waals surface area contributed by atoms with Crippen LogP contribution >= 0.6 is 0 Å². The van der Waals surface area contributed by atoms with E-state index in [0.717, 1.165) is 23.7 Å². The summed E-state index contributed by atoms with van der Waals surface area (Å²) in [5.41, 5.74) is 1.18. The fraction of sp³-hybridized carbons (Fsp3) is 0.500. The van der Waals surface area contributed by atoms with E-state index in [1.54, 1.807) is 12.1 Å². The van der Waals surface area contributed by atoms with Crippen LogP contribution in [0.5, 0.6) is 0 Å². The molecule has 110 valence electrons. The maximum atomic E-state index is 11.0. The minimum absolute atomic E-state index is 0.179. The van der Waals surface area contributed by atoms with Gasteiger partial charge in [-0.1, -0.05) is 0 Å². The van der Waals surface area contributed by atoms with Gasteiger partial charge < -0.3 is 9.47 Å². The average molecular weight is 285 g/mol. The Labute approximate surface area is 123 Å². The molecule has 0 spiro atoms. The van der Waals surface area contributed by atoms with Crippen molar-refractivity contribution in [3.05, 3.63) is 40.6 Å². The first-order chi connectivity index (χ1) is 10.1. The fourth-order valence-electron chi connectivity index (χ4n) is 4.18. The van der Waals surface area contributed by atoms with Crippen LogP contribution in [-0.4, -0.2) is 33.5 Å². The number of hydrogen-bond donors (Lipinski definition) is 0. The molecule has 2 aromatic rings. The Hall–Kier alpha value is -1.88. The van der Waals surface area contributed by atoms with Crippen molar-refractivity contribution in [3.63, 3.8) is 0 Å². The summed E-state index contributed by atoms with van der Waals surface area (Å²) in [6, 6.07) is 9.04. The summed E-state index contributed by atoms with van der Waals surface area (Å²) < 4.78 is 2.26. The third kappa shape index (κ3) is 1.95. The van der Waals surface area contributed by atoms with E-state index in [2.05, 4.69) is 28.8 Å². The molecule has 1 aromatic carbocycles. The SMILES string of the molecule is CN1[C@@H]2CC[C@H]1C[C@@H](n1ccc3ccc([N+](=O)[O-])cc31)C2. The van der Waals surface area contributed by atoms with Gasteiger partial charge in [0.15, 0.2) is 0 Å². The molecule has 3 heterocycles.